The van der Waals surface area contributed by atoms with Gasteiger partial charge in [0.1, 0.15) is 18.9 Å². The molecule has 10 nitrogen and oxygen atoms in total. The standard InChI is InChI=1S/C20H23N3O7/c1-28-19(26)15-11-30-20(27)23(15)13-6-8-21(9-7-13)17(24)10-22-14-4-2-3-5-16(14)29-12-18(22)25/h2-5,13,15H,6-12H2,1H3. The Kier molecular flexibility index (Phi) is 5.47. The molecule has 2 saturated heterocycles. The summed E-state index contributed by atoms with van der Waals surface area (Å²) in [6.07, 6.45) is 0.495. The van der Waals surface area contributed by atoms with Crippen LogP contribution in [-0.2, 0) is 23.9 Å². The van der Waals surface area contributed by atoms with Crippen molar-refractivity contribution in [3.05, 3.63) is 24.3 Å². The van der Waals surface area contributed by atoms with Crippen molar-refractivity contribution in [2.45, 2.75) is 24.9 Å². The third-order valence-electron chi connectivity index (χ3n) is 5.70. The van der Waals surface area contributed by atoms with E-state index in [0.29, 0.717) is 37.4 Å². The number of methoxy groups -OCH3 is 1. The number of hydrogen-bond donors (Lipinski definition) is 0. The lowest BCUT2D eigenvalue weighted by Gasteiger charge is -2.38. The molecule has 1 atom stereocenters. The van der Waals surface area contributed by atoms with Crippen molar-refractivity contribution in [3.63, 3.8) is 0 Å². The first-order valence-electron chi connectivity index (χ1n) is 9.82. The first kappa shape index (κ1) is 20.0. The fraction of sp³-hybridized carbons (Fsp3) is 0.500. The van der Waals surface area contributed by atoms with E-state index in [0.717, 1.165) is 0 Å². The largest absolute Gasteiger partial charge is 0.482 e. The van der Waals surface area contributed by atoms with Crippen LogP contribution in [0.15, 0.2) is 24.3 Å². The molecule has 30 heavy (non-hydrogen) atoms. The van der Waals surface area contributed by atoms with Gasteiger partial charge in [-0.3, -0.25) is 19.4 Å². The normalized spacial score (nSPS) is 21.8. The number of cyclic esters (lactones) is 1. The molecule has 0 aliphatic carbocycles. The SMILES string of the molecule is COC(=O)C1COC(=O)N1C1CCN(C(=O)CN2C(=O)COc3ccccc32)CC1. The van der Waals surface area contributed by atoms with Gasteiger partial charge in [-0.1, -0.05) is 12.1 Å². The Morgan fingerprint density at radius 2 is 1.87 bits per heavy atom. The summed E-state index contributed by atoms with van der Waals surface area (Å²) in [6.45, 7) is 0.644. The van der Waals surface area contributed by atoms with E-state index in [2.05, 4.69) is 0 Å². The number of likely N-dealkylation sites (tertiary alicyclic amines) is 1. The molecule has 0 aromatic heterocycles. The maximum absolute atomic E-state index is 12.8. The Morgan fingerprint density at radius 3 is 2.60 bits per heavy atom. The number of benzene rings is 1. The van der Waals surface area contributed by atoms with E-state index in [1.165, 1.54) is 16.9 Å². The van der Waals surface area contributed by atoms with Crippen LogP contribution in [0, 0.1) is 0 Å². The molecular weight excluding hydrogens is 394 g/mol. The van der Waals surface area contributed by atoms with Gasteiger partial charge in [0.05, 0.1) is 12.8 Å². The highest BCUT2D eigenvalue weighted by Crippen LogP contribution is 2.31. The second kappa shape index (κ2) is 8.21. The van der Waals surface area contributed by atoms with Gasteiger partial charge < -0.3 is 19.1 Å². The number of piperidine rings is 1. The molecule has 1 aromatic rings. The van der Waals surface area contributed by atoms with E-state index >= 15 is 0 Å². The van der Waals surface area contributed by atoms with E-state index in [-0.39, 0.29) is 37.6 Å². The second-order valence-corrected chi connectivity index (χ2v) is 7.37. The van der Waals surface area contributed by atoms with E-state index in [9.17, 15) is 19.2 Å². The molecule has 0 spiro atoms. The molecule has 3 amide bonds. The average molecular weight is 417 g/mol. The third kappa shape index (κ3) is 3.64. The number of fused-ring (bicyclic) bond motifs is 1. The van der Waals surface area contributed by atoms with Gasteiger partial charge in [-0.25, -0.2) is 9.59 Å². The van der Waals surface area contributed by atoms with Crippen LogP contribution in [0.25, 0.3) is 0 Å². The first-order chi connectivity index (χ1) is 14.5. The smallest absolute Gasteiger partial charge is 0.410 e. The Balaban J connectivity index is 1.38. The van der Waals surface area contributed by atoms with Crippen LogP contribution in [0.2, 0.25) is 0 Å². The number of rotatable bonds is 4. The maximum Gasteiger partial charge on any atom is 0.410 e. The van der Waals surface area contributed by atoms with Crippen molar-refractivity contribution < 1.29 is 33.4 Å². The molecule has 2 fully saturated rings. The minimum absolute atomic E-state index is 0.0246. The summed E-state index contributed by atoms with van der Waals surface area (Å²) in [4.78, 5) is 53.7. The van der Waals surface area contributed by atoms with Crippen molar-refractivity contribution >= 4 is 29.6 Å². The molecular formula is C20H23N3O7. The average Bonchev–Trinajstić information content (AvgIpc) is 3.16. The minimum Gasteiger partial charge on any atom is -0.482 e. The van der Waals surface area contributed by atoms with Gasteiger partial charge in [-0.15, -0.1) is 0 Å². The fourth-order valence-electron chi connectivity index (χ4n) is 4.11. The summed E-state index contributed by atoms with van der Waals surface area (Å²) in [5.41, 5.74) is 0.581. The highest BCUT2D eigenvalue weighted by atomic mass is 16.6. The van der Waals surface area contributed by atoms with Crippen molar-refractivity contribution in [1.29, 1.82) is 0 Å². The Hall–Kier alpha value is -3.30. The predicted octanol–water partition coefficient (Wildman–Crippen LogP) is 0.397. The minimum atomic E-state index is -0.753. The van der Waals surface area contributed by atoms with E-state index < -0.39 is 18.1 Å². The number of ether oxygens (including phenoxy) is 3. The highest BCUT2D eigenvalue weighted by molar-refractivity contribution is 6.02. The topological polar surface area (TPSA) is 106 Å². The number of anilines is 1. The molecule has 3 aliphatic heterocycles. The second-order valence-electron chi connectivity index (χ2n) is 7.37. The summed E-state index contributed by atoms with van der Waals surface area (Å²) in [5, 5.41) is 0. The molecule has 3 aliphatic rings. The van der Waals surface area contributed by atoms with Crippen LogP contribution >= 0.6 is 0 Å². The molecule has 1 aromatic carbocycles. The molecule has 0 saturated carbocycles. The maximum atomic E-state index is 12.8. The Labute approximate surface area is 173 Å². The Bertz CT molecular complexity index is 866. The zero-order valence-electron chi connectivity index (χ0n) is 16.6. The zero-order valence-corrected chi connectivity index (χ0v) is 16.6. The van der Waals surface area contributed by atoms with Gasteiger partial charge in [0.15, 0.2) is 12.6 Å². The van der Waals surface area contributed by atoms with E-state index in [1.54, 1.807) is 23.1 Å². The van der Waals surface area contributed by atoms with Crippen LogP contribution < -0.4 is 9.64 Å². The molecule has 0 N–H and O–H groups in total. The van der Waals surface area contributed by atoms with Crippen LogP contribution in [0.4, 0.5) is 10.5 Å². The van der Waals surface area contributed by atoms with Gasteiger partial charge in [0.25, 0.3) is 5.91 Å². The van der Waals surface area contributed by atoms with Gasteiger partial charge >= 0.3 is 12.1 Å². The number of para-hydroxylation sites is 2. The monoisotopic (exact) mass is 417 g/mol. The molecule has 4 rings (SSSR count). The lowest BCUT2D eigenvalue weighted by molar-refractivity contribution is -0.146. The zero-order chi connectivity index (χ0) is 21.3. The van der Waals surface area contributed by atoms with Gasteiger partial charge in [0.2, 0.25) is 5.91 Å². The van der Waals surface area contributed by atoms with Crippen LogP contribution in [-0.4, -0.2) is 85.7 Å². The molecule has 3 heterocycles. The molecule has 1 unspecified atom stereocenters. The lowest BCUT2D eigenvalue weighted by atomic mass is 10.0. The number of carbonyl (C=O) groups excluding carboxylic acids is 4. The highest BCUT2D eigenvalue weighted by Gasteiger charge is 2.44. The van der Waals surface area contributed by atoms with Crippen LogP contribution in [0.1, 0.15) is 12.8 Å². The van der Waals surface area contributed by atoms with Crippen molar-refractivity contribution in [2.24, 2.45) is 0 Å². The quantitative estimate of drug-likeness (QED) is 0.653. The van der Waals surface area contributed by atoms with Crippen LogP contribution in [0.3, 0.4) is 0 Å². The number of amides is 3. The lowest BCUT2D eigenvalue weighted by Crippen LogP contribution is -2.53. The summed E-state index contributed by atoms with van der Waals surface area (Å²) in [6, 6.07) is 6.15. The van der Waals surface area contributed by atoms with Crippen molar-refractivity contribution in [2.75, 3.05) is 44.9 Å². The van der Waals surface area contributed by atoms with Crippen molar-refractivity contribution in [1.82, 2.24) is 9.80 Å². The van der Waals surface area contributed by atoms with Gasteiger partial charge in [-0.2, -0.15) is 0 Å². The number of esters is 1. The number of carbonyl (C=O) groups is 4. The molecule has 160 valence electrons. The van der Waals surface area contributed by atoms with E-state index in [4.69, 9.17) is 14.2 Å². The molecule has 10 heteroatoms. The Morgan fingerprint density at radius 1 is 1.13 bits per heavy atom. The number of nitrogens with zero attached hydrogens (tertiary/aromatic N) is 3. The summed E-state index contributed by atoms with van der Waals surface area (Å²) >= 11 is 0. The third-order valence-corrected chi connectivity index (χ3v) is 5.70. The van der Waals surface area contributed by atoms with Crippen molar-refractivity contribution in [3.8, 4) is 5.75 Å². The summed E-state index contributed by atoms with van der Waals surface area (Å²) in [7, 11) is 1.27. The van der Waals surface area contributed by atoms with E-state index in [1.807, 2.05) is 6.07 Å². The summed E-state index contributed by atoms with van der Waals surface area (Å²) in [5.74, 6) is -0.376. The predicted molar refractivity (Wildman–Crippen MR) is 103 cm³/mol. The summed E-state index contributed by atoms with van der Waals surface area (Å²) < 4.78 is 15.2. The first-order valence-corrected chi connectivity index (χ1v) is 9.82. The van der Waals surface area contributed by atoms with Crippen LogP contribution in [0.5, 0.6) is 5.75 Å². The molecule has 0 radical (unpaired) electrons. The molecule has 0 bridgehead atoms. The van der Waals surface area contributed by atoms with Gasteiger partial charge in [-0.05, 0) is 25.0 Å². The van der Waals surface area contributed by atoms with Gasteiger partial charge in [0, 0.05) is 19.1 Å². The fourth-order valence-corrected chi connectivity index (χ4v) is 4.11. The number of hydrogen-bond acceptors (Lipinski definition) is 7.